The Hall–Kier alpha value is -4.02. The molecule has 0 bridgehead atoms. The Kier molecular flexibility index (Phi) is 5.97. The number of rotatable bonds is 7. The number of aromatic nitrogens is 5. The van der Waals surface area contributed by atoms with Gasteiger partial charge in [-0.3, -0.25) is 4.90 Å². The molecule has 5 aromatic rings. The lowest BCUT2D eigenvalue weighted by Crippen LogP contribution is -2.25. The molecule has 0 radical (unpaired) electrons. The van der Waals surface area contributed by atoms with E-state index in [0.29, 0.717) is 11.8 Å². The standard InChI is InChI=1S/C27H30N8O2/c1-16-12-17(2)24-21(13-16)32-27(37-24)31-19-6-4-18(5-7-19)23-22-25(28)29-15-30-26(22)35(33-23)20-8-9-34(14-20)10-11-36-3/h4-7,12-13,15,20H,8-11,14H2,1-3H3,(H,31,32)(H2,28,29,30)/t20-/m1/s1. The number of nitrogens with two attached hydrogens (primary N) is 1. The second kappa shape index (κ2) is 9.45. The van der Waals surface area contributed by atoms with Gasteiger partial charge < -0.3 is 20.2 Å². The fraction of sp³-hybridized carbons (Fsp3) is 0.333. The van der Waals surface area contributed by atoms with Gasteiger partial charge in [-0.15, -0.1) is 0 Å². The minimum absolute atomic E-state index is 0.217. The van der Waals surface area contributed by atoms with Crippen molar-refractivity contribution in [2.45, 2.75) is 26.3 Å². The molecule has 1 saturated heterocycles. The minimum atomic E-state index is 0.217. The number of likely N-dealkylation sites (tertiary alicyclic amines) is 1. The number of hydrogen-bond acceptors (Lipinski definition) is 9. The summed E-state index contributed by atoms with van der Waals surface area (Å²) in [6.07, 6.45) is 2.50. The predicted molar refractivity (Wildman–Crippen MR) is 144 cm³/mol. The normalized spacial score (nSPS) is 16.2. The third-order valence-corrected chi connectivity index (χ3v) is 6.95. The van der Waals surface area contributed by atoms with Crippen molar-refractivity contribution in [2.75, 3.05) is 44.4 Å². The van der Waals surface area contributed by atoms with Crippen molar-refractivity contribution in [3.63, 3.8) is 0 Å². The van der Waals surface area contributed by atoms with Crippen LogP contribution in [0.3, 0.4) is 0 Å². The predicted octanol–water partition coefficient (Wildman–Crippen LogP) is 4.47. The zero-order chi connectivity index (χ0) is 25.5. The van der Waals surface area contributed by atoms with Gasteiger partial charge in [-0.25, -0.2) is 14.6 Å². The molecular formula is C27H30N8O2. The quantitative estimate of drug-likeness (QED) is 0.335. The van der Waals surface area contributed by atoms with E-state index in [-0.39, 0.29) is 6.04 Å². The van der Waals surface area contributed by atoms with E-state index in [1.807, 2.05) is 41.9 Å². The summed E-state index contributed by atoms with van der Waals surface area (Å²) in [5, 5.41) is 9.05. The SMILES string of the molecule is COCCN1CC[C@@H](n2nc(-c3ccc(Nc4nc5cc(C)cc(C)c5o4)cc3)c3c(N)ncnc32)C1. The van der Waals surface area contributed by atoms with E-state index in [4.69, 9.17) is 20.0 Å². The smallest absolute Gasteiger partial charge is 0.300 e. The molecule has 1 aliphatic heterocycles. The highest BCUT2D eigenvalue weighted by Gasteiger charge is 2.28. The van der Waals surface area contributed by atoms with Crippen LogP contribution in [0.1, 0.15) is 23.6 Å². The fourth-order valence-electron chi connectivity index (χ4n) is 5.15. The van der Waals surface area contributed by atoms with Crippen molar-refractivity contribution in [1.29, 1.82) is 0 Å². The van der Waals surface area contributed by atoms with Crippen molar-refractivity contribution in [1.82, 2.24) is 29.6 Å². The number of methoxy groups -OCH3 is 1. The molecule has 1 fully saturated rings. The third kappa shape index (κ3) is 4.38. The second-order valence-electron chi connectivity index (χ2n) is 9.64. The highest BCUT2D eigenvalue weighted by Crippen LogP contribution is 2.34. The molecule has 0 unspecified atom stereocenters. The Morgan fingerprint density at radius 1 is 1.16 bits per heavy atom. The number of nitrogens with zero attached hydrogens (tertiary/aromatic N) is 6. The minimum Gasteiger partial charge on any atom is -0.423 e. The first kappa shape index (κ1) is 23.4. The van der Waals surface area contributed by atoms with E-state index < -0.39 is 0 Å². The number of anilines is 3. The first-order chi connectivity index (χ1) is 18.0. The maximum Gasteiger partial charge on any atom is 0.300 e. The molecule has 2 aromatic carbocycles. The van der Waals surface area contributed by atoms with Crippen molar-refractivity contribution in [2.24, 2.45) is 0 Å². The van der Waals surface area contributed by atoms with Gasteiger partial charge >= 0.3 is 0 Å². The van der Waals surface area contributed by atoms with Gasteiger partial charge in [-0.1, -0.05) is 18.2 Å². The Balaban J connectivity index is 1.29. The van der Waals surface area contributed by atoms with Crippen LogP contribution in [0.2, 0.25) is 0 Å². The lowest BCUT2D eigenvalue weighted by atomic mass is 10.1. The van der Waals surface area contributed by atoms with Crippen molar-refractivity contribution in [3.8, 4) is 11.3 Å². The molecule has 0 aliphatic carbocycles. The van der Waals surface area contributed by atoms with Gasteiger partial charge in [-0.2, -0.15) is 10.1 Å². The number of oxazole rings is 1. The fourth-order valence-corrected chi connectivity index (χ4v) is 5.15. The topological polar surface area (TPSA) is 120 Å². The summed E-state index contributed by atoms with van der Waals surface area (Å²) in [7, 11) is 1.73. The van der Waals surface area contributed by atoms with Crippen molar-refractivity contribution >= 4 is 39.7 Å². The largest absolute Gasteiger partial charge is 0.423 e. The van der Waals surface area contributed by atoms with E-state index in [2.05, 4.69) is 38.2 Å². The summed E-state index contributed by atoms with van der Waals surface area (Å²) in [4.78, 5) is 15.8. The maximum atomic E-state index is 6.33. The number of benzene rings is 2. The van der Waals surface area contributed by atoms with E-state index >= 15 is 0 Å². The van der Waals surface area contributed by atoms with Gasteiger partial charge in [0.15, 0.2) is 11.2 Å². The number of nitrogens with one attached hydrogen (secondary N) is 1. The molecule has 1 atom stereocenters. The number of nitrogen functional groups attached to an aromatic ring is 1. The molecule has 6 rings (SSSR count). The zero-order valence-electron chi connectivity index (χ0n) is 21.2. The third-order valence-electron chi connectivity index (χ3n) is 6.95. The number of aryl methyl sites for hydroxylation is 2. The number of ether oxygens (including phenoxy) is 1. The van der Waals surface area contributed by atoms with Crippen LogP contribution in [0.4, 0.5) is 17.5 Å². The van der Waals surface area contributed by atoms with Crippen molar-refractivity contribution < 1.29 is 9.15 Å². The van der Waals surface area contributed by atoms with Gasteiger partial charge in [0.1, 0.15) is 23.4 Å². The molecule has 190 valence electrons. The van der Waals surface area contributed by atoms with Crippen LogP contribution >= 0.6 is 0 Å². The lowest BCUT2D eigenvalue weighted by molar-refractivity contribution is 0.159. The lowest BCUT2D eigenvalue weighted by Gasteiger charge is -2.15. The number of hydrogen-bond donors (Lipinski definition) is 2. The van der Waals surface area contributed by atoms with Crippen LogP contribution in [0.5, 0.6) is 0 Å². The summed E-state index contributed by atoms with van der Waals surface area (Å²) in [6.45, 7) is 7.61. The molecular weight excluding hydrogens is 468 g/mol. The molecule has 10 nitrogen and oxygen atoms in total. The first-order valence-corrected chi connectivity index (χ1v) is 12.5. The molecule has 0 spiro atoms. The van der Waals surface area contributed by atoms with E-state index in [0.717, 1.165) is 82.9 Å². The van der Waals surface area contributed by atoms with Crippen LogP contribution in [0.25, 0.3) is 33.4 Å². The van der Waals surface area contributed by atoms with Gasteiger partial charge in [0, 0.05) is 38.0 Å². The maximum absolute atomic E-state index is 6.33. The summed E-state index contributed by atoms with van der Waals surface area (Å²) >= 11 is 0. The molecule has 3 aromatic heterocycles. The van der Waals surface area contributed by atoms with Crippen LogP contribution in [0, 0.1) is 13.8 Å². The van der Waals surface area contributed by atoms with Crippen LogP contribution < -0.4 is 11.1 Å². The molecule has 4 heterocycles. The van der Waals surface area contributed by atoms with Crippen LogP contribution in [0.15, 0.2) is 47.1 Å². The summed E-state index contributed by atoms with van der Waals surface area (Å²) in [5.74, 6) is 0.430. The molecule has 3 N–H and O–H groups in total. The Morgan fingerprint density at radius 3 is 2.81 bits per heavy atom. The second-order valence-corrected chi connectivity index (χ2v) is 9.64. The van der Waals surface area contributed by atoms with Crippen LogP contribution in [-0.2, 0) is 4.74 Å². The average molecular weight is 499 g/mol. The number of fused-ring (bicyclic) bond motifs is 2. The van der Waals surface area contributed by atoms with Crippen LogP contribution in [-0.4, -0.2) is 63.0 Å². The Morgan fingerprint density at radius 2 is 2.00 bits per heavy atom. The summed E-state index contributed by atoms with van der Waals surface area (Å²) in [5.41, 5.74) is 13.5. The van der Waals surface area contributed by atoms with E-state index in [1.54, 1.807) is 7.11 Å². The average Bonchev–Trinajstić information content (AvgIpc) is 3.60. The van der Waals surface area contributed by atoms with E-state index in [1.165, 1.54) is 6.33 Å². The van der Waals surface area contributed by atoms with Gasteiger partial charge in [0.2, 0.25) is 0 Å². The summed E-state index contributed by atoms with van der Waals surface area (Å²) < 4.78 is 13.2. The molecule has 0 amide bonds. The van der Waals surface area contributed by atoms with Gasteiger partial charge in [0.25, 0.3) is 6.01 Å². The molecule has 10 heteroatoms. The van der Waals surface area contributed by atoms with Crippen molar-refractivity contribution in [3.05, 3.63) is 53.9 Å². The zero-order valence-corrected chi connectivity index (χ0v) is 21.2. The Labute approximate surface area is 214 Å². The van der Waals surface area contributed by atoms with Gasteiger partial charge in [-0.05, 0) is 49.6 Å². The Bertz CT molecular complexity index is 1570. The molecule has 1 aliphatic rings. The molecule has 37 heavy (non-hydrogen) atoms. The van der Waals surface area contributed by atoms with Gasteiger partial charge in [0.05, 0.1) is 18.0 Å². The highest BCUT2D eigenvalue weighted by molar-refractivity contribution is 5.98. The first-order valence-electron chi connectivity index (χ1n) is 12.5. The highest BCUT2D eigenvalue weighted by atomic mass is 16.5. The summed E-state index contributed by atoms with van der Waals surface area (Å²) in [6, 6.07) is 12.8. The molecule has 0 saturated carbocycles. The van der Waals surface area contributed by atoms with E-state index in [9.17, 15) is 0 Å². The monoisotopic (exact) mass is 498 g/mol.